The Bertz CT molecular complexity index is 2200. The van der Waals surface area contributed by atoms with Crippen molar-refractivity contribution in [1.29, 1.82) is 0 Å². The van der Waals surface area contributed by atoms with Crippen LogP contribution in [0, 0.1) is 18.7 Å². The molecule has 2 bridgehead atoms. The third kappa shape index (κ3) is 6.42. The molecule has 4 aromatic rings. The molecule has 280 valence electrons. The van der Waals surface area contributed by atoms with E-state index in [1.807, 2.05) is 6.92 Å². The summed E-state index contributed by atoms with van der Waals surface area (Å²) in [4.78, 5) is 16.7. The van der Waals surface area contributed by atoms with Crippen molar-refractivity contribution < 1.29 is 31.2 Å². The lowest BCUT2D eigenvalue weighted by atomic mass is 9.88. The number of rotatable bonds is 8. The second kappa shape index (κ2) is 13.3. The number of ether oxygens (including phenoxy) is 1. The Morgan fingerprint density at radius 3 is 2.72 bits per heavy atom. The normalized spacial score (nSPS) is 27.0. The molecule has 0 radical (unpaired) electrons. The summed E-state index contributed by atoms with van der Waals surface area (Å²) < 4.78 is 68.9. The van der Waals surface area contributed by atoms with Gasteiger partial charge in [-0.05, 0) is 103 Å². The molecule has 1 aromatic heterocycles. The van der Waals surface area contributed by atoms with Crippen molar-refractivity contribution in [3.63, 3.8) is 0 Å². The first-order valence-corrected chi connectivity index (χ1v) is 20.7. The molecule has 53 heavy (non-hydrogen) atoms. The Labute approximate surface area is 316 Å². The van der Waals surface area contributed by atoms with Crippen LogP contribution in [0.5, 0.6) is 11.8 Å². The molecule has 10 nitrogen and oxygen atoms in total. The van der Waals surface area contributed by atoms with Crippen LogP contribution in [0.4, 0.5) is 20.3 Å². The molecule has 3 unspecified atom stereocenters. The lowest BCUT2D eigenvalue weighted by Crippen LogP contribution is -2.43. The van der Waals surface area contributed by atoms with Gasteiger partial charge in [0.05, 0.1) is 28.4 Å². The molecule has 0 amide bonds. The predicted molar refractivity (Wildman–Crippen MR) is 200 cm³/mol. The Hall–Kier alpha value is -3.59. The highest BCUT2D eigenvalue weighted by molar-refractivity contribution is 9.10. The third-order valence-corrected chi connectivity index (χ3v) is 14.0. The average molecular weight is 811 g/mol. The summed E-state index contributed by atoms with van der Waals surface area (Å²) in [5.74, 6) is 0.862. The van der Waals surface area contributed by atoms with Gasteiger partial charge in [-0.2, -0.15) is 18.4 Å². The van der Waals surface area contributed by atoms with Gasteiger partial charge in [0.1, 0.15) is 35.1 Å². The van der Waals surface area contributed by atoms with Crippen LogP contribution in [0.2, 0.25) is 0 Å². The molecule has 5 aliphatic rings. The third-order valence-electron chi connectivity index (χ3n) is 12.0. The maximum atomic E-state index is 15.1. The van der Waals surface area contributed by atoms with E-state index >= 15 is 4.39 Å². The highest BCUT2D eigenvalue weighted by Gasteiger charge is 2.49. The van der Waals surface area contributed by atoms with Crippen molar-refractivity contribution in [2.75, 3.05) is 42.6 Å². The second-order valence-electron chi connectivity index (χ2n) is 15.6. The second-order valence-corrected chi connectivity index (χ2v) is 17.9. The minimum Gasteiger partial charge on any atom is -0.461 e. The van der Waals surface area contributed by atoms with E-state index < -0.39 is 22.1 Å². The molecule has 5 heterocycles. The van der Waals surface area contributed by atoms with Crippen LogP contribution < -0.4 is 18.7 Å². The molecular weight excluding hydrogens is 768 g/mol. The number of aromatic nitrogens is 2. The molecule has 1 saturated carbocycles. The lowest BCUT2D eigenvalue weighted by Gasteiger charge is -2.35. The summed E-state index contributed by atoms with van der Waals surface area (Å²) >= 11 is 3.47. The zero-order chi connectivity index (χ0) is 36.6. The molecular formula is C39H42BrF2N5O5S. The largest absolute Gasteiger partial charge is 0.461 e. The van der Waals surface area contributed by atoms with Gasteiger partial charge in [0.2, 0.25) is 0 Å². The summed E-state index contributed by atoms with van der Waals surface area (Å²) in [6.07, 6.45) is 4.10. The first-order valence-electron chi connectivity index (χ1n) is 18.5. The first kappa shape index (κ1) is 35.1. The fourth-order valence-corrected chi connectivity index (χ4v) is 11.0. The van der Waals surface area contributed by atoms with E-state index in [4.69, 9.17) is 18.9 Å². The Morgan fingerprint density at radius 1 is 1.06 bits per heavy atom. The van der Waals surface area contributed by atoms with Gasteiger partial charge in [0.15, 0.2) is 0 Å². The summed E-state index contributed by atoms with van der Waals surface area (Å²) in [5.41, 5.74) is 2.91. The fraction of sp³-hybridized carbons (Fsp3) is 0.487. The standard InChI is InChI=1S/C39H42BrF2N5O5S/c1-23-3-6-30(7-4-23)53(49,50)52-29-15-25-5-8-32(42)36(40)35(25)34(17-29)45-12-9-31-33(21-45)43-38(51-22-39-10-2-11-46(39)20-26(41)18-39)44-37(31)47-19-24-13-27(47)16-28(48)14-24/h3-8,15,17,24,26-28,48H,2,9-14,16,18-22H2,1H3/t24?,26-,27?,28?,39+/m1/s1. The first-order chi connectivity index (χ1) is 25.4. The maximum Gasteiger partial charge on any atom is 0.339 e. The minimum absolute atomic E-state index is 0.0348. The van der Waals surface area contributed by atoms with E-state index in [2.05, 4.69) is 30.6 Å². The van der Waals surface area contributed by atoms with Gasteiger partial charge in [-0.3, -0.25) is 4.90 Å². The quantitative estimate of drug-likeness (QED) is 0.199. The van der Waals surface area contributed by atoms with Gasteiger partial charge in [-0.15, -0.1) is 0 Å². The predicted octanol–water partition coefficient (Wildman–Crippen LogP) is 6.48. The molecule has 9 rings (SSSR count). The number of alkyl halides is 1. The van der Waals surface area contributed by atoms with E-state index in [0.29, 0.717) is 67.9 Å². The monoisotopic (exact) mass is 809 g/mol. The number of halogens is 3. The van der Waals surface area contributed by atoms with Gasteiger partial charge in [-0.1, -0.05) is 23.8 Å². The number of aliphatic hydroxyl groups excluding tert-OH is 1. The van der Waals surface area contributed by atoms with E-state index in [1.54, 1.807) is 30.3 Å². The molecule has 4 aliphatic heterocycles. The molecule has 14 heteroatoms. The number of anilines is 2. The number of benzene rings is 3. The van der Waals surface area contributed by atoms with Crippen LogP contribution in [0.25, 0.3) is 10.8 Å². The van der Waals surface area contributed by atoms with Crippen LogP contribution in [-0.4, -0.2) is 85.0 Å². The maximum absolute atomic E-state index is 15.1. The number of aryl methyl sites for hydroxylation is 1. The number of hydrogen-bond donors (Lipinski definition) is 1. The zero-order valence-corrected chi connectivity index (χ0v) is 31.9. The summed E-state index contributed by atoms with van der Waals surface area (Å²) in [7, 11) is -4.16. The molecule has 4 fully saturated rings. The van der Waals surface area contributed by atoms with Crippen LogP contribution in [0.3, 0.4) is 0 Å². The molecule has 3 saturated heterocycles. The SMILES string of the molecule is Cc1ccc(S(=O)(=O)Oc2cc(N3CCc4c(nc(OC[C@@]56CCCN5C[C@H](F)C6)nc4N4CC5CC(O)CC4C5)C3)c3c(Br)c(F)ccc3c2)cc1. The van der Waals surface area contributed by atoms with Crippen molar-refractivity contribution in [1.82, 2.24) is 14.9 Å². The van der Waals surface area contributed by atoms with Gasteiger partial charge >= 0.3 is 16.1 Å². The van der Waals surface area contributed by atoms with Gasteiger partial charge in [-0.25, -0.2) is 8.78 Å². The van der Waals surface area contributed by atoms with Gasteiger partial charge < -0.3 is 23.8 Å². The Balaban J connectivity index is 1.09. The Morgan fingerprint density at radius 2 is 1.89 bits per heavy atom. The Kier molecular flexibility index (Phi) is 8.82. The van der Waals surface area contributed by atoms with E-state index in [0.717, 1.165) is 61.4 Å². The number of nitrogens with zero attached hydrogens (tertiary/aromatic N) is 5. The number of hydrogen-bond acceptors (Lipinski definition) is 10. The molecule has 3 aromatic carbocycles. The molecule has 0 spiro atoms. The van der Waals surface area contributed by atoms with E-state index in [-0.39, 0.29) is 38.8 Å². The average Bonchev–Trinajstić information content (AvgIpc) is 3.76. The highest BCUT2D eigenvalue weighted by Crippen LogP contribution is 2.45. The van der Waals surface area contributed by atoms with E-state index in [9.17, 15) is 17.9 Å². The van der Waals surface area contributed by atoms with Crippen molar-refractivity contribution >= 4 is 48.3 Å². The van der Waals surface area contributed by atoms with Crippen molar-refractivity contribution in [3.8, 4) is 11.8 Å². The van der Waals surface area contributed by atoms with Gasteiger partial charge in [0, 0.05) is 54.8 Å². The molecule has 1 N–H and O–H groups in total. The molecule has 1 aliphatic carbocycles. The van der Waals surface area contributed by atoms with Crippen LogP contribution in [0.1, 0.15) is 55.3 Å². The lowest BCUT2D eigenvalue weighted by molar-refractivity contribution is 0.107. The van der Waals surface area contributed by atoms with Crippen molar-refractivity contribution in [2.24, 2.45) is 5.92 Å². The molecule has 5 atom stereocenters. The van der Waals surface area contributed by atoms with Crippen LogP contribution in [0.15, 0.2) is 57.9 Å². The fourth-order valence-electron chi connectivity index (χ4n) is 9.53. The topological polar surface area (TPSA) is 108 Å². The number of fused-ring (bicyclic) bond motifs is 5. The van der Waals surface area contributed by atoms with E-state index in [1.165, 1.54) is 18.2 Å². The van der Waals surface area contributed by atoms with Crippen molar-refractivity contribution in [3.05, 3.63) is 75.6 Å². The summed E-state index contributed by atoms with van der Waals surface area (Å²) in [5, 5.41) is 11.8. The minimum atomic E-state index is -4.16. The van der Waals surface area contributed by atoms with Crippen LogP contribution in [-0.2, 0) is 23.1 Å². The van der Waals surface area contributed by atoms with Crippen LogP contribution >= 0.6 is 15.9 Å². The van der Waals surface area contributed by atoms with Gasteiger partial charge in [0.25, 0.3) is 0 Å². The highest BCUT2D eigenvalue weighted by atomic mass is 79.9. The summed E-state index contributed by atoms with van der Waals surface area (Å²) in [6.45, 7) is 5.09. The zero-order valence-electron chi connectivity index (χ0n) is 29.5. The smallest absolute Gasteiger partial charge is 0.339 e. The summed E-state index contributed by atoms with van der Waals surface area (Å²) in [6, 6.07) is 13.1. The number of aliphatic hydroxyl groups is 1. The van der Waals surface area contributed by atoms with Crippen molar-refractivity contribution in [2.45, 2.75) is 87.2 Å².